The van der Waals surface area contributed by atoms with Crippen LogP contribution in [0.5, 0.6) is 0 Å². The molecular formula is C12H8ClF3N2. The van der Waals surface area contributed by atoms with E-state index in [1.165, 1.54) is 24.3 Å². The normalized spacial score (nSPS) is 11.6. The van der Waals surface area contributed by atoms with Crippen LogP contribution in [0.3, 0.4) is 0 Å². The number of aryl methyl sites for hydroxylation is 1. The molecule has 0 amide bonds. The maximum Gasteiger partial charge on any atom is 0.417 e. The summed E-state index contributed by atoms with van der Waals surface area (Å²) in [5.41, 5.74) is 0.00997. The fourth-order valence-corrected chi connectivity index (χ4v) is 1.82. The summed E-state index contributed by atoms with van der Waals surface area (Å²) in [7, 11) is 0. The van der Waals surface area contributed by atoms with Gasteiger partial charge in [0.1, 0.15) is 0 Å². The Kier molecular flexibility index (Phi) is 3.26. The SMILES string of the molecule is Cc1cc(-c2ccccc2C(F)(F)F)c(Cl)nn1. The molecule has 0 bridgehead atoms. The lowest BCUT2D eigenvalue weighted by Gasteiger charge is -2.13. The van der Waals surface area contributed by atoms with Crippen molar-refractivity contribution in [3.8, 4) is 11.1 Å². The summed E-state index contributed by atoms with van der Waals surface area (Å²) in [6, 6.07) is 6.73. The third-order valence-electron chi connectivity index (χ3n) is 2.39. The van der Waals surface area contributed by atoms with Gasteiger partial charge in [-0.25, -0.2) is 0 Å². The lowest BCUT2D eigenvalue weighted by atomic mass is 10.0. The highest BCUT2D eigenvalue weighted by Gasteiger charge is 2.33. The highest BCUT2D eigenvalue weighted by atomic mass is 35.5. The highest BCUT2D eigenvalue weighted by Crippen LogP contribution is 2.38. The first-order valence-electron chi connectivity index (χ1n) is 5.06. The van der Waals surface area contributed by atoms with Gasteiger partial charge in [-0.1, -0.05) is 29.8 Å². The van der Waals surface area contributed by atoms with Crippen molar-refractivity contribution in [2.24, 2.45) is 0 Å². The van der Waals surface area contributed by atoms with Crippen LogP contribution in [-0.4, -0.2) is 10.2 Å². The Balaban J connectivity index is 2.68. The molecule has 1 aromatic carbocycles. The van der Waals surface area contributed by atoms with Crippen LogP contribution in [0.4, 0.5) is 13.2 Å². The van der Waals surface area contributed by atoms with Gasteiger partial charge in [-0.05, 0) is 24.6 Å². The first-order chi connectivity index (χ1) is 8.39. The Morgan fingerprint density at radius 3 is 2.39 bits per heavy atom. The van der Waals surface area contributed by atoms with Gasteiger partial charge in [0.05, 0.1) is 11.3 Å². The minimum absolute atomic E-state index is 0.00741. The van der Waals surface area contributed by atoms with E-state index in [1.54, 1.807) is 6.92 Å². The summed E-state index contributed by atoms with van der Waals surface area (Å²) in [5.74, 6) is 0. The number of benzene rings is 1. The fraction of sp³-hybridized carbons (Fsp3) is 0.167. The largest absolute Gasteiger partial charge is 0.417 e. The molecule has 2 aromatic rings. The van der Waals surface area contributed by atoms with Gasteiger partial charge in [0.25, 0.3) is 0 Å². The highest BCUT2D eigenvalue weighted by molar-refractivity contribution is 6.32. The van der Waals surface area contributed by atoms with Crippen LogP contribution in [0.25, 0.3) is 11.1 Å². The van der Waals surface area contributed by atoms with Crippen LogP contribution in [-0.2, 0) is 6.18 Å². The summed E-state index contributed by atoms with van der Waals surface area (Å²) >= 11 is 5.81. The van der Waals surface area contributed by atoms with Crippen molar-refractivity contribution < 1.29 is 13.2 Å². The molecule has 0 saturated heterocycles. The van der Waals surface area contributed by atoms with Crippen LogP contribution >= 0.6 is 11.6 Å². The Labute approximate surface area is 106 Å². The minimum atomic E-state index is -4.43. The zero-order valence-corrected chi connectivity index (χ0v) is 10.0. The second kappa shape index (κ2) is 4.57. The Hall–Kier alpha value is -1.62. The van der Waals surface area contributed by atoms with Crippen LogP contribution in [0.15, 0.2) is 30.3 Å². The smallest absolute Gasteiger partial charge is 0.166 e. The van der Waals surface area contributed by atoms with E-state index in [2.05, 4.69) is 10.2 Å². The summed E-state index contributed by atoms with van der Waals surface area (Å²) in [6.45, 7) is 1.64. The van der Waals surface area contributed by atoms with Gasteiger partial charge in [-0.3, -0.25) is 0 Å². The number of rotatable bonds is 1. The van der Waals surface area contributed by atoms with E-state index in [0.717, 1.165) is 6.07 Å². The van der Waals surface area contributed by atoms with Crippen LogP contribution in [0, 0.1) is 6.92 Å². The molecule has 2 rings (SSSR count). The molecular weight excluding hydrogens is 265 g/mol. The first-order valence-corrected chi connectivity index (χ1v) is 5.44. The Bertz CT molecular complexity index is 582. The molecule has 0 saturated carbocycles. The topological polar surface area (TPSA) is 25.8 Å². The summed E-state index contributed by atoms with van der Waals surface area (Å²) in [6.07, 6.45) is -4.43. The molecule has 0 spiro atoms. The predicted octanol–water partition coefficient (Wildman–Crippen LogP) is 4.12. The average molecular weight is 273 g/mol. The molecule has 0 unspecified atom stereocenters. The summed E-state index contributed by atoms with van der Waals surface area (Å²) in [4.78, 5) is 0. The van der Waals surface area contributed by atoms with Gasteiger partial charge >= 0.3 is 6.18 Å². The average Bonchev–Trinajstić information content (AvgIpc) is 2.31. The predicted molar refractivity (Wildman–Crippen MR) is 62.2 cm³/mol. The lowest BCUT2D eigenvalue weighted by Crippen LogP contribution is -2.07. The molecule has 0 aliphatic carbocycles. The number of hydrogen-bond acceptors (Lipinski definition) is 2. The number of halogens is 4. The van der Waals surface area contributed by atoms with Crippen LogP contribution in [0.2, 0.25) is 5.15 Å². The zero-order valence-electron chi connectivity index (χ0n) is 9.29. The quantitative estimate of drug-likeness (QED) is 0.780. The van der Waals surface area contributed by atoms with Crippen LogP contribution < -0.4 is 0 Å². The van der Waals surface area contributed by atoms with E-state index in [1.807, 2.05) is 0 Å². The Morgan fingerprint density at radius 1 is 1.06 bits per heavy atom. The zero-order chi connectivity index (χ0) is 13.3. The summed E-state index contributed by atoms with van der Waals surface area (Å²) < 4.78 is 38.7. The van der Waals surface area contributed by atoms with Crippen molar-refractivity contribution in [2.45, 2.75) is 13.1 Å². The van der Waals surface area contributed by atoms with Gasteiger partial charge in [0, 0.05) is 5.56 Å². The Morgan fingerprint density at radius 2 is 1.72 bits per heavy atom. The molecule has 0 aliphatic rings. The first kappa shape index (κ1) is 12.8. The third-order valence-corrected chi connectivity index (χ3v) is 2.67. The molecule has 0 fully saturated rings. The van der Waals surface area contributed by atoms with Gasteiger partial charge in [-0.2, -0.15) is 18.3 Å². The molecule has 6 heteroatoms. The third kappa shape index (κ3) is 2.46. The molecule has 0 aliphatic heterocycles. The maximum atomic E-state index is 12.9. The molecule has 18 heavy (non-hydrogen) atoms. The standard InChI is InChI=1S/C12H8ClF3N2/c1-7-6-9(11(13)18-17-7)8-4-2-3-5-10(8)12(14,15)16/h2-6H,1H3. The van der Waals surface area contributed by atoms with E-state index < -0.39 is 11.7 Å². The van der Waals surface area contributed by atoms with Crippen molar-refractivity contribution in [1.82, 2.24) is 10.2 Å². The van der Waals surface area contributed by atoms with Gasteiger partial charge in [0.15, 0.2) is 5.15 Å². The second-order valence-electron chi connectivity index (χ2n) is 3.73. The molecule has 0 radical (unpaired) electrons. The second-order valence-corrected chi connectivity index (χ2v) is 4.09. The molecule has 0 atom stereocenters. The number of hydrogen-bond donors (Lipinski definition) is 0. The van der Waals surface area contributed by atoms with E-state index >= 15 is 0 Å². The molecule has 1 heterocycles. The molecule has 1 aromatic heterocycles. The number of nitrogens with zero attached hydrogens (tertiary/aromatic N) is 2. The van der Waals surface area contributed by atoms with Crippen molar-refractivity contribution in [3.63, 3.8) is 0 Å². The van der Waals surface area contributed by atoms with Gasteiger partial charge in [-0.15, -0.1) is 5.10 Å². The van der Waals surface area contributed by atoms with Crippen molar-refractivity contribution in [3.05, 3.63) is 46.7 Å². The molecule has 2 nitrogen and oxygen atoms in total. The van der Waals surface area contributed by atoms with Crippen molar-refractivity contribution >= 4 is 11.6 Å². The van der Waals surface area contributed by atoms with Crippen molar-refractivity contribution in [2.75, 3.05) is 0 Å². The van der Waals surface area contributed by atoms with Crippen LogP contribution in [0.1, 0.15) is 11.3 Å². The molecule has 94 valence electrons. The van der Waals surface area contributed by atoms with E-state index in [4.69, 9.17) is 11.6 Å². The summed E-state index contributed by atoms with van der Waals surface area (Å²) in [5, 5.41) is 7.28. The monoisotopic (exact) mass is 272 g/mol. The maximum absolute atomic E-state index is 12.9. The number of alkyl halides is 3. The van der Waals surface area contributed by atoms with Crippen molar-refractivity contribution in [1.29, 1.82) is 0 Å². The van der Waals surface area contributed by atoms with E-state index in [0.29, 0.717) is 5.69 Å². The minimum Gasteiger partial charge on any atom is -0.166 e. The fourth-order valence-electron chi connectivity index (χ4n) is 1.63. The number of aromatic nitrogens is 2. The van der Waals surface area contributed by atoms with E-state index in [-0.39, 0.29) is 16.3 Å². The van der Waals surface area contributed by atoms with Gasteiger partial charge < -0.3 is 0 Å². The van der Waals surface area contributed by atoms with Gasteiger partial charge in [0.2, 0.25) is 0 Å². The van der Waals surface area contributed by atoms with E-state index in [9.17, 15) is 13.2 Å². The molecule has 0 N–H and O–H groups in total. The lowest BCUT2D eigenvalue weighted by molar-refractivity contribution is -0.137.